The number of carbonyl (C=O) groups is 1. The van der Waals surface area contributed by atoms with Gasteiger partial charge in [-0.2, -0.15) is 0 Å². The Labute approximate surface area is 123 Å². The summed E-state index contributed by atoms with van der Waals surface area (Å²) in [7, 11) is 0. The van der Waals surface area contributed by atoms with Crippen LogP contribution in [0.1, 0.15) is 30.9 Å². The van der Waals surface area contributed by atoms with Crippen LogP contribution in [0.15, 0.2) is 36.4 Å². The van der Waals surface area contributed by atoms with Crippen molar-refractivity contribution in [3.63, 3.8) is 0 Å². The number of hydrogen-bond donors (Lipinski definition) is 0. The number of alkyl halides is 1. The molecule has 0 bridgehead atoms. The lowest BCUT2D eigenvalue weighted by atomic mass is 10.0. The van der Waals surface area contributed by atoms with Crippen LogP contribution in [0.25, 0.3) is 0 Å². The Morgan fingerprint density at radius 1 is 1.39 bits per heavy atom. The lowest BCUT2D eigenvalue weighted by Gasteiger charge is -2.09. The molecule has 0 saturated heterocycles. The number of ether oxygens (including phenoxy) is 1. The summed E-state index contributed by atoms with van der Waals surface area (Å²) in [5, 5.41) is 0. The lowest BCUT2D eigenvalue weighted by Crippen LogP contribution is -2.08. The number of hydrogen-bond acceptors (Lipinski definition) is 2. The van der Waals surface area contributed by atoms with Crippen LogP contribution < -0.4 is 0 Å². The van der Waals surface area contributed by atoms with Gasteiger partial charge in [0.05, 0.1) is 6.61 Å². The molecule has 0 aliphatic rings. The third-order valence-corrected chi connectivity index (χ3v) is 4.07. The molecule has 0 radical (unpaired) electrons. The predicted molar refractivity (Wildman–Crippen MR) is 83.2 cm³/mol. The highest BCUT2D eigenvalue weighted by Crippen LogP contribution is 2.18. The van der Waals surface area contributed by atoms with E-state index < -0.39 is 0 Å². The highest BCUT2D eigenvalue weighted by molar-refractivity contribution is 14.1. The smallest absolute Gasteiger partial charge is 0.333 e. The molecule has 98 valence electrons. The van der Waals surface area contributed by atoms with Crippen LogP contribution in [0, 0.1) is 0 Å². The van der Waals surface area contributed by atoms with Crippen LogP contribution in [-0.2, 0) is 16.0 Å². The standard InChI is InChI=1S/C15H19IO2/c1-11(2)15(17)18-9-8-13-4-6-14(7-5-13)12(3)10-16/h4-7,12H,1,8-10H2,2-3H3. The van der Waals surface area contributed by atoms with Gasteiger partial charge in [0.1, 0.15) is 0 Å². The van der Waals surface area contributed by atoms with Crippen LogP contribution in [0.5, 0.6) is 0 Å². The van der Waals surface area contributed by atoms with Crippen molar-refractivity contribution in [2.24, 2.45) is 0 Å². The fourth-order valence-electron chi connectivity index (χ4n) is 1.49. The van der Waals surface area contributed by atoms with Crippen molar-refractivity contribution in [2.75, 3.05) is 11.0 Å². The largest absolute Gasteiger partial charge is 0.462 e. The summed E-state index contributed by atoms with van der Waals surface area (Å²) in [6.45, 7) is 7.83. The second-order valence-corrected chi connectivity index (χ2v) is 5.34. The van der Waals surface area contributed by atoms with Gasteiger partial charge in [0, 0.05) is 16.4 Å². The number of halogens is 1. The predicted octanol–water partition coefficient (Wildman–Crippen LogP) is 3.89. The molecule has 0 fully saturated rings. The Morgan fingerprint density at radius 2 is 2.00 bits per heavy atom. The summed E-state index contributed by atoms with van der Waals surface area (Å²) in [6, 6.07) is 8.51. The Balaban J connectivity index is 2.44. The average molecular weight is 358 g/mol. The van der Waals surface area contributed by atoms with Gasteiger partial charge in [-0.05, 0) is 24.0 Å². The van der Waals surface area contributed by atoms with Crippen LogP contribution in [-0.4, -0.2) is 17.0 Å². The minimum absolute atomic E-state index is 0.315. The highest BCUT2D eigenvalue weighted by Gasteiger charge is 2.05. The molecule has 0 aliphatic heterocycles. The maximum atomic E-state index is 11.2. The molecule has 0 saturated carbocycles. The van der Waals surface area contributed by atoms with Gasteiger partial charge in [-0.15, -0.1) is 0 Å². The van der Waals surface area contributed by atoms with Crippen LogP contribution >= 0.6 is 22.6 Å². The first-order chi connectivity index (χ1) is 8.54. The molecule has 2 nitrogen and oxygen atoms in total. The van der Waals surface area contributed by atoms with E-state index in [1.54, 1.807) is 6.92 Å². The number of benzene rings is 1. The van der Waals surface area contributed by atoms with Gasteiger partial charge in [0.15, 0.2) is 0 Å². The van der Waals surface area contributed by atoms with Gasteiger partial charge in [0.25, 0.3) is 0 Å². The maximum Gasteiger partial charge on any atom is 0.333 e. The maximum absolute atomic E-state index is 11.2. The molecular weight excluding hydrogens is 339 g/mol. The number of carbonyl (C=O) groups excluding carboxylic acids is 1. The zero-order valence-electron chi connectivity index (χ0n) is 10.9. The average Bonchev–Trinajstić information content (AvgIpc) is 2.38. The third-order valence-electron chi connectivity index (χ3n) is 2.75. The molecule has 0 N–H and O–H groups in total. The van der Waals surface area contributed by atoms with Crippen molar-refractivity contribution in [3.8, 4) is 0 Å². The second kappa shape index (κ2) is 7.56. The normalized spacial score (nSPS) is 11.9. The molecule has 1 aromatic carbocycles. The molecule has 0 aliphatic carbocycles. The Bertz CT molecular complexity index is 409. The van der Waals surface area contributed by atoms with E-state index in [4.69, 9.17) is 4.74 Å². The Kier molecular flexibility index (Phi) is 6.39. The first-order valence-corrected chi connectivity index (χ1v) is 7.54. The molecule has 18 heavy (non-hydrogen) atoms. The van der Waals surface area contributed by atoms with E-state index in [2.05, 4.69) is 60.4 Å². The monoisotopic (exact) mass is 358 g/mol. The first kappa shape index (κ1) is 15.2. The first-order valence-electron chi connectivity index (χ1n) is 6.02. The van der Waals surface area contributed by atoms with E-state index in [1.165, 1.54) is 11.1 Å². The fraction of sp³-hybridized carbons (Fsp3) is 0.400. The lowest BCUT2D eigenvalue weighted by molar-refractivity contribution is -0.138. The van der Waals surface area contributed by atoms with Gasteiger partial charge in [-0.3, -0.25) is 0 Å². The number of rotatable bonds is 6. The molecule has 1 atom stereocenters. The molecule has 1 aromatic rings. The summed E-state index contributed by atoms with van der Waals surface area (Å²) >= 11 is 2.40. The Hall–Kier alpha value is -0.840. The van der Waals surface area contributed by atoms with Crippen molar-refractivity contribution in [1.82, 2.24) is 0 Å². The summed E-state index contributed by atoms with van der Waals surface area (Å²) in [5.74, 6) is 0.269. The summed E-state index contributed by atoms with van der Waals surface area (Å²) in [5.41, 5.74) is 2.99. The highest BCUT2D eigenvalue weighted by atomic mass is 127. The van der Waals surface area contributed by atoms with Crippen LogP contribution in [0.3, 0.4) is 0 Å². The Morgan fingerprint density at radius 3 is 2.50 bits per heavy atom. The van der Waals surface area contributed by atoms with E-state index in [-0.39, 0.29) is 5.97 Å². The van der Waals surface area contributed by atoms with E-state index in [0.29, 0.717) is 18.1 Å². The molecule has 1 rings (SSSR count). The number of esters is 1. The van der Waals surface area contributed by atoms with Crippen molar-refractivity contribution >= 4 is 28.6 Å². The van der Waals surface area contributed by atoms with Crippen molar-refractivity contribution < 1.29 is 9.53 Å². The second-order valence-electron chi connectivity index (χ2n) is 4.46. The van der Waals surface area contributed by atoms with E-state index in [9.17, 15) is 4.79 Å². The summed E-state index contributed by atoms with van der Waals surface area (Å²) in [6.07, 6.45) is 0.748. The molecule has 0 amide bonds. The topological polar surface area (TPSA) is 26.3 Å². The molecule has 0 heterocycles. The molecule has 0 aromatic heterocycles. The van der Waals surface area contributed by atoms with Gasteiger partial charge >= 0.3 is 5.97 Å². The summed E-state index contributed by atoms with van der Waals surface area (Å²) in [4.78, 5) is 11.2. The zero-order chi connectivity index (χ0) is 13.5. The minimum Gasteiger partial charge on any atom is -0.462 e. The van der Waals surface area contributed by atoms with Crippen LogP contribution in [0.2, 0.25) is 0 Å². The van der Waals surface area contributed by atoms with Crippen molar-refractivity contribution in [3.05, 3.63) is 47.5 Å². The van der Waals surface area contributed by atoms with E-state index >= 15 is 0 Å². The summed E-state index contributed by atoms with van der Waals surface area (Å²) < 4.78 is 6.18. The molecule has 1 unspecified atom stereocenters. The van der Waals surface area contributed by atoms with Gasteiger partial charge in [0.2, 0.25) is 0 Å². The molecular formula is C15H19IO2. The van der Waals surface area contributed by atoms with E-state index in [0.717, 1.165) is 10.8 Å². The molecule has 0 spiro atoms. The van der Waals surface area contributed by atoms with Gasteiger partial charge < -0.3 is 4.74 Å². The van der Waals surface area contributed by atoms with Gasteiger partial charge in [-0.1, -0.05) is 60.4 Å². The van der Waals surface area contributed by atoms with Crippen molar-refractivity contribution in [1.29, 1.82) is 0 Å². The molecule has 3 heteroatoms. The third kappa shape index (κ3) is 4.80. The van der Waals surface area contributed by atoms with E-state index in [1.807, 2.05) is 0 Å². The van der Waals surface area contributed by atoms with Crippen molar-refractivity contribution in [2.45, 2.75) is 26.2 Å². The quantitative estimate of drug-likeness (QED) is 0.334. The van der Waals surface area contributed by atoms with Crippen LogP contribution in [0.4, 0.5) is 0 Å². The fourth-order valence-corrected chi connectivity index (χ4v) is 2.00. The minimum atomic E-state index is -0.315. The zero-order valence-corrected chi connectivity index (χ0v) is 13.1. The van der Waals surface area contributed by atoms with Gasteiger partial charge in [-0.25, -0.2) is 4.79 Å². The SMILES string of the molecule is C=C(C)C(=O)OCCc1ccc(C(C)CI)cc1.